The molecule has 0 aliphatic carbocycles. The van der Waals surface area contributed by atoms with Crippen molar-refractivity contribution in [3.8, 4) is 6.07 Å². The summed E-state index contributed by atoms with van der Waals surface area (Å²) in [6, 6.07) is 15.9. The Balaban J connectivity index is 1.25. The smallest absolute Gasteiger partial charge is 0.321 e. The fraction of sp³-hybridized carbons (Fsp3) is 0.440. The minimum Gasteiger partial charge on any atom is -0.324 e. The van der Waals surface area contributed by atoms with Crippen LogP contribution in [-0.2, 0) is 6.42 Å². The Morgan fingerprint density at radius 1 is 1.10 bits per heavy atom. The van der Waals surface area contributed by atoms with Crippen LogP contribution in [0.4, 0.5) is 14.9 Å². The number of likely N-dealkylation sites (tertiary alicyclic amines) is 2. The van der Waals surface area contributed by atoms with Gasteiger partial charge in [-0.25, -0.2) is 9.18 Å². The molecular formula is C25H29FN4O. The Morgan fingerprint density at radius 3 is 2.74 bits per heavy atom. The van der Waals surface area contributed by atoms with E-state index in [1.165, 1.54) is 12.0 Å². The summed E-state index contributed by atoms with van der Waals surface area (Å²) in [6.45, 7) is 4.72. The van der Waals surface area contributed by atoms with Crippen LogP contribution in [-0.4, -0.2) is 48.6 Å². The van der Waals surface area contributed by atoms with Crippen molar-refractivity contribution in [1.82, 2.24) is 9.80 Å². The Kier molecular flexibility index (Phi) is 6.83. The van der Waals surface area contributed by atoms with Crippen LogP contribution in [0.5, 0.6) is 0 Å². The molecule has 162 valence electrons. The van der Waals surface area contributed by atoms with Gasteiger partial charge >= 0.3 is 6.03 Å². The molecule has 31 heavy (non-hydrogen) atoms. The third-order valence-electron chi connectivity index (χ3n) is 6.37. The van der Waals surface area contributed by atoms with Gasteiger partial charge in [-0.15, -0.1) is 0 Å². The molecule has 2 unspecified atom stereocenters. The summed E-state index contributed by atoms with van der Waals surface area (Å²) in [5.74, 6) is 0.913. The molecule has 0 spiro atoms. The molecular weight excluding hydrogens is 391 g/mol. The van der Waals surface area contributed by atoms with Crippen molar-refractivity contribution in [3.63, 3.8) is 0 Å². The second-order valence-electron chi connectivity index (χ2n) is 8.82. The van der Waals surface area contributed by atoms with Crippen molar-refractivity contribution in [2.24, 2.45) is 11.8 Å². The van der Waals surface area contributed by atoms with Crippen LogP contribution in [0.15, 0.2) is 48.5 Å². The van der Waals surface area contributed by atoms with Gasteiger partial charge in [0.15, 0.2) is 0 Å². The van der Waals surface area contributed by atoms with E-state index in [0.717, 1.165) is 52.0 Å². The van der Waals surface area contributed by atoms with E-state index >= 15 is 0 Å². The van der Waals surface area contributed by atoms with Crippen molar-refractivity contribution in [2.45, 2.75) is 25.7 Å². The molecule has 5 nitrogen and oxygen atoms in total. The fourth-order valence-corrected chi connectivity index (χ4v) is 4.83. The highest BCUT2D eigenvalue weighted by molar-refractivity contribution is 5.89. The second-order valence-corrected chi connectivity index (χ2v) is 8.82. The molecule has 2 atom stereocenters. The van der Waals surface area contributed by atoms with Gasteiger partial charge in [-0.05, 0) is 80.0 Å². The number of piperidine rings is 1. The van der Waals surface area contributed by atoms with Gasteiger partial charge in [0.05, 0.1) is 11.6 Å². The van der Waals surface area contributed by atoms with Gasteiger partial charge in [-0.1, -0.05) is 18.2 Å². The molecule has 2 aliphatic rings. The van der Waals surface area contributed by atoms with Crippen LogP contribution in [0.1, 0.15) is 30.4 Å². The quantitative estimate of drug-likeness (QED) is 0.774. The van der Waals surface area contributed by atoms with E-state index in [0.29, 0.717) is 23.1 Å². The molecule has 0 aromatic heterocycles. The molecule has 2 amide bonds. The normalized spacial score (nSPS) is 21.6. The Bertz CT molecular complexity index is 939. The highest BCUT2D eigenvalue weighted by Crippen LogP contribution is 2.25. The van der Waals surface area contributed by atoms with Gasteiger partial charge in [-0.2, -0.15) is 5.26 Å². The number of nitrogens with one attached hydrogen (secondary N) is 1. The van der Waals surface area contributed by atoms with Crippen LogP contribution >= 0.6 is 0 Å². The summed E-state index contributed by atoms with van der Waals surface area (Å²) >= 11 is 0. The van der Waals surface area contributed by atoms with Gasteiger partial charge in [0.25, 0.3) is 0 Å². The Labute approximate surface area is 183 Å². The number of hydrogen-bond donors (Lipinski definition) is 1. The second kappa shape index (κ2) is 9.93. The Hall–Kier alpha value is -2.91. The number of nitriles is 1. The third kappa shape index (κ3) is 5.83. The van der Waals surface area contributed by atoms with Gasteiger partial charge in [-0.3, -0.25) is 0 Å². The van der Waals surface area contributed by atoms with E-state index in [1.54, 1.807) is 30.3 Å². The average molecular weight is 421 g/mol. The summed E-state index contributed by atoms with van der Waals surface area (Å²) in [5.41, 5.74) is 2.40. The van der Waals surface area contributed by atoms with Crippen molar-refractivity contribution in [1.29, 1.82) is 5.26 Å². The fourth-order valence-electron chi connectivity index (χ4n) is 4.83. The zero-order chi connectivity index (χ0) is 21.6. The predicted octanol–water partition coefficient (Wildman–Crippen LogP) is 4.51. The minimum absolute atomic E-state index is 0.0876. The maximum atomic E-state index is 13.1. The molecule has 0 bridgehead atoms. The van der Waals surface area contributed by atoms with E-state index in [9.17, 15) is 9.18 Å². The number of hydrogen-bond acceptors (Lipinski definition) is 3. The summed E-state index contributed by atoms with van der Waals surface area (Å²) in [5, 5.41) is 12.0. The minimum atomic E-state index is -0.180. The van der Waals surface area contributed by atoms with Crippen molar-refractivity contribution >= 4 is 11.7 Å². The van der Waals surface area contributed by atoms with Crippen LogP contribution in [0.2, 0.25) is 0 Å². The maximum absolute atomic E-state index is 13.1. The van der Waals surface area contributed by atoms with Gasteiger partial charge in [0.1, 0.15) is 5.82 Å². The summed E-state index contributed by atoms with van der Waals surface area (Å²) in [7, 11) is 0. The van der Waals surface area contributed by atoms with Crippen LogP contribution in [0.25, 0.3) is 0 Å². The van der Waals surface area contributed by atoms with Gasteiger partial charge in [0.2, 0.25) is 0 Å². The first-order valence-electron chi connectivity index (χ1n) is 11.1. The van der Waals surface area contributed by atoms with Gasteiger partial charge < -0.3 is 15.1 Å². The van der Waals surface area contributed by atoms with Crippen molar-refractivity contribution in [2.75, 3.05) is 38.0 Å². The van der Waals surface area contributed by atoms with E-state index in [1.807, 2.05) is 23.1 Å². The van der Waals surface area contributed by atoms with E-state index in [2.05, 4.69) is 16.3 Å². The number of amides is 2. The van der Waals surface area contributed by atoms with Crippen LogP contribution in [0.3, 0.4) is 0 Å². The molecule has 2 saturated heterocycles. The molecule has 0 radical (unpaired) electrons. The first kappa shape index (κ1) is 21.3. The standard InChI is InChI=1S/C25H29FN4O/c26-23-8-6-19(7-9-23)13-21-10-12-29(16-21)17-22-4-2-11-30(18-22)25(31)28-24-5-1-3-20(14-24)15-27/h1,3,5-9,14,21-22H,2,4,10-13,16-18H2,(H,28,31). The Morgan fingerprint density at radius 2 is 1.94 bits per heavy atom. The van der Waals surface area contributed by atoms with Gasteiger partial charge in [0, 0.05) is 31.9 Å². The largest absolute Gasteiger partial charge is 0.324 e. The van der Waals surface area contributed by atoms with E-state index in [4.69, 9.17) is 5.26 Å². The average Bonchev–Trinajstić information content (AvgIpc) is 3.22. The topological polar surface area (TPSA) is 59.4 Å². The summed E-state index contributed by atoms with van der Waals surface area (Å²) < 4.78 is 13.1. The zero-order valence-electron chi connectivity index (χ0n) is 17.8. The lowest BCUT2D eigenvalue weighted by Crippen LogP contribution is -2.45. The zero-order valence-corrected chi connectivity index (χ0v) is 17.8. The van der Waals surface area contributed by atoms with E-state index < -0.39 is 0 Å². The molecule has 4 rings (SSSR count). The number of nitrogens with zero attached hydrogens (tertiary/aromatic N) is 3. The number of carbonyl (C=O) groups is 1. The monoisotopic (exact) mass is 420 g/mol. The highest BCUT2D eigenvalue weighted by Gasteiger charge is 2.29. The van der Waals surface area contributed by atoms with Crippen molar-refractivity contribution < 1.29 is 9.18 Å². The molecule has 2 heterocycles. The number of urea groups is 1. The maximum Gasteiger partial charge on any atom is 0.321 e. The number of benzene rings is 2. The lowest BCUT2D eigenvalue weighted by Gasteiger charge is -2.34. The predicted molar refractivity (Wildman–Crippen MR) is 119 cm³/mol. The molecule has 2 aromatic rings. The van der Waals surface area contributed by atoms with Crippen molar-refractivity contribution in [3.05, 3.63) is 65.5 Å². The molecule has 1 N–H and O–H groups in total. The molecule has 0 saturated carbocycles. The first-order valence-corrected chi connectivity index (χ1v) is 11.1. The number of carbonyl (C=O) groups excluding carboxylic acids is 1. The number of anilines is 1. The van der Waals surface area contributed by atoms with E-state index in [-0.39, 0.29) is 11.8 Å². The number of halogens is 1. The molecule has 2 fully saturated rings. The summed E-state index contributed by atoms with van der Waals surface area (Å²) in [4.78, 5) is 17.1. The molecule has 6 heteroatoms. The number of rotatable bonds is 5. The summed E-state index contributed by atoms with van der Waals surface area (Å²) in [6.07, 6.45) is 4.33. The van der Waals surface area contributed by atoms with Crippen LogP contribution in [0, 0.1) is 29.0 Å². The third-order valence-corrected chi connectivity index (χ3v) is 6.37. The first-order chi connectivity index (χ1) is 15.1. The molecule has 2 aliphatic heterocycles. The lowest BCUT2D eigenvalue weighted by atomic mass is 9.97. The van der Waals surface area contributed by atoms with Crippen LogP contribution < -0.4 is 5.32 Å². The molecule has 2 aromatic carbocycles. The lowest BCUT2D eigenvalue weighted by molar-refractivity contribution is 0.154. The highest BCUT2D eigenvalue weighted by atomic mass is 19.1. The SMILES string of the molecule is N#Cc1cccc(NC(=O)N2CCCC(CN3CCC(Cc4ccc(F)cc4)C3)C2)c1.